The van der Waals surface area contributed by atoms with Gasteiger partial charge in [-0.2, -0.15) is 0 Å². The average Bonchev–Trinajstić information content (AvgIpc) is 2.89. The molecule has 3 rings (SSSR count). The Labute approximate surface area is 138 Å². The predicted molar refractivity (Wildman–Crippen MR) is 89.6 cm³/mol. The van der Waals surface area contributed by atoms with Gasteiger partial charge in [-0.15, -0.1) is 4.83 Å². The Balaban J connectivity index is 1.88. The van der Waals surface area contributed by atoms with E-state index in [1.165, 1.54) is 23.9 Å². The Morgan fingerprint density at radius 3 is 2.26 bits per heavy atom. The van der Waals surface area contributed by atoms with Gasteiger partial charge in [0, 0.05) is 0 Å². The van der Waals surface area contributed by atoms with Crippen molar-refractivity contribution >= 4 is 38.5 Å². The van der Waals surface area contributed by atoms with E-state index < -0.39 is 10.0 Å². The Morgan fingerprint density at radius 1 is 1.00 bits per heavy atom. The summed E-state index contributed by atoms with van der Waals surface area (Å²) in [7, 11) is -3.84. The van der Waals surface area contributed by atoms with Crippen LogP contribution in [-0.2, 0) is 14.8 Å². The molecular weight excluding hydrogens is 334 g/mol. The second-order valence-corrected chi connectivity index (χ2v) is 7.26. The van der Waals surface area contributed by atoms with Crippen LogP contribution in [0.4, 0.5) is 5.69 Å². The molecule has 0 unspecified atom stereocenters. The minimum absolute atomic E-state index is 0.0868. The van der Waals surface area contributed by atoms with Crippen LogP contribution in [-0.4, -0.2) is 30.3 Å². The molecule has 0 radical (unpaired) electrons. The lowest BCUT2D eigenvalue weighted by atomic mass is 10.3. The molecular formula is C15H13N3O3S2. The number of hydrazine groups is 1. The van der Waals surface area contributed by atoms with Gasteiger partial charge in [-0.25, -0.2) is 18.4 Å². The maximum Gasteiger partial charge on any atom is 0.257 e. The first-order valence-corrected chi connectivity index (χ1v) is 9.20. The Hall–Kier alpha value is -2.16. The number of carbonyl (C=O) groups excluding carboxylic acids is 1. The molecule has 1 heterocycles. The minimum atomic E-state index is -3.84. The topological polar surface area (TPSA) is 78.8 Å². The van der Waals surface area contributed by atoms with E-state index in [1.807, 2.05) is 18.2 Å². The van der Waals surface area contributed by atoms with E-state index in [9.17, 15) is 13.2 Å². The normalized spacial score (nSPS) is 17.0. The summed E-state index contributed by atoms with van der Waals surface area (Å²) >= 11 is 1.19. The van der Waals surface area contributed by atoms with E-state index >= 15 is 0 Å². The number of amidine groups is 1. The Kier molecular flexibility index (Phi) is 4.46. The zero-order valence-electron chi connectivity index (χ0n) is 11.9. The molecule has 8 heteroatoms. The number of hydrogen-bond acceptors (Lipinski definition) is 5. The monoisotopic (exact) mass is 347 g/mol. The average molecular weight is 347 g/mol. The van der Waals surface area contributed by atoms with Gasteiger partial charge >= 0.3 is 0 Å². The highest BCUT2D eigenvalue weighted by molar-refractivity contribution is 8.15. The zero-order chi connectivity index (χ0) is 16.3. The van der Waals surface area contributed by atoms with Crippen LogP contribution in [0, 0.1) is 0 Å². The van der Waals surface area contributed by atoms with Crippen molar-refractivity contribution in [2.45, 2.75) is 4.90 Å². The smallest absolute Gasteiger partial charge is 0.257 e. The number of benzene rings is 2. The molecule has 0 aliphatic carbocycles. The summed E-state index contributed by atoms with van der Waals surface area (Å²) in [6.45, 7) is 0. The number of amides is 1. The van der Waals surface area contributed by atoms with Crippen molar-refractivity contribution in [3.8, 4) is 0 Å². The van der Waals surface area contributed by atoms with Crippen molar-refractivity contribution in [2.75, 3.05) is 5.75 Å². The van der Waals surface area contributed by atoms with Gasteiger partial charge in [-0.3, -0.25) is 4.79 Å². The molecule has 118 valence electrons. The lowest BCUT2D eigenvalue weighted by Gasteiger charge is -2.17. The number of para-hydroxylation sites is 1. The maximum absolute atomic E-state index is 12.4. The van der Waals surface area contributed by atoms with E-state index in [0.29, 0.717) is 10.9 Å². The molecule has 0 aromatic heterocycles. The number of hydrogen-bond donors (Lipinski definition) is 1. The molecule has 2 aromatic carbocycles. The van der Waals surface area contributed by atoms with Gasteiger partial charge in [0.1, 0.15) is 0 Å². The number of sulfonamides is 1. The summed E-state index contributed by atoms with van der Waals surface area (Å²) in [4.78, 5) is 18.7. The molecule has 1 N–H and O–H groups in total. The standard InChI is InChI=1S/C15H13N3O3S2/c19-14-11-22-15(16-12-7-3-1-4-8-12)18(14)17-23(20,21)13-9-5-2-6-10-13/h1-10,17H,11H2. The summed E-state index contributed by atoms with van der Waals surface area (Å²) in [5.41, 5.74) is 0.647. The van der Waals surface area contributed by atoms with Crippen molar-refractivity contribution in [1.82, 2.24) is 9.84 Å². The first-order valence-electron chi connectivity index (χ1n) is 6.73. The molecule has 0 saturated carbocycles. The largest absolute Gasteiger partial charge is 0.272 e. The van der Waals surface area contributed by atoms with Crippen LogP contribution in [0.2, 0.25) is 0 Å². The van der Waals surface area contributed by atoms with Crippen LogP contribution in [0.1, 0.15) is 0 Å². The van der Waals surface area contributed by atoms with Gasteiger partial charge in [0.15, 0.2) is 5.17 Å². The van der Waals surface area contributed by atoms with Crippen molar-refractivity contribution in [1.29, 1.82) is 0 Å². The second kappa shape index (κ2) is 6.53. The molecule has 2 aromatic rings. The van der Waals surface area contributed by atoms with Gasteiger partial charge in [0.05, 0.1) is 16.3 Å². The maximum atomic E-state index is 12.4. The lowest BCUT2D eigenvalue weighted by molar-refractivity contribution is -0.125. The Morgan fingerprint density at radius 2 is 1.61 bits per heavy atom. The molecule has 1 fully saturated rings. The van der Waals surface area contributed by atoms with Crippen LogP contribution in [0.3, 0.4) is 0 Å². The first-order chi connectivity index (χ1) is 11.1. The van der Waals surface area contributed by atoms with Crippen LogP contribution in [0.15, 0.2) is 70.6 Å². The zero-order valence-corrected chi connectivity index (χ0v) is 13.5. The van der Waals surface area contributed by atoms with Gasteiger partial charge in [0.2, 0.25) is 0 Å². The highest BCUT2D eigenvalue weighted by Gasteiger charge is 2.32. The third-order valence-electron chi connectivity index (χ3n) is 3.01. The number of carbonyl (C=O) groups is 1. The predicted octanol–water partition coefficient (Wildman–Crippen LogP) is 2.14. The van der Waals surface area contributed by atoms with E-state index in [0.717, 1.165) is 5.01 Å². The SMILES string of the molecule is O=C1CSC(=Nc2ccccc2)N1NS(=O)(=O)c1ccccc1. The van der Waals surface area contributed by atoms with Crippen molar-refractivity contribution in [3.05, 3.63) is 60.7 Å². The molecule has 0 atom stereocenters. The van der Waals surface area contributed by atoms with Crippen LogP contribution >= 0.6 is 11.8 Å². The van der Waals surface area contributed by atoms with E-state index in [2.05, 4.69) is 9.82 Å². The fourth-order valence-corrected chi connectivity index (χ4v) is 3.86. The van der Waals surface area contributed by atoms with Gasteiger partial charge < -0.3 is 0 Å². The number of nitrogens with zero attached hydrogens (tertiary/aromatic N) is 2. The summed E-state index contributed by atoms with van der Waals surface area (Å²) in [5.74, 6) is -0.215. The number of thioether (sulfide) groups is 1. The fourth-order valence-electron chi connectivity index (χ4n) is 1.92. The highest BCUT2D eigenvalue weighted by atomic mass is 32.2. The van der Waals surface area contributed by atoms with Crippen molar-refractivity contribution in [2.24, 2.45) is 4.99 Å². The van der Waals surface area contributed by atoms with Gasteiger partial charge in [-0.1, -0.05) is 48.2 Å². The molecule has 1 saturated heterocycles. The molecule has 1 amide bonds. The van der Waals surface area contributed by atoms with Crippen LogP contribution in [0.25, 0.3) is 0 Å². The first kappa shape index (κ1) is 15.7. The number of nitrogens with one attached hydrogen (secondary N) is 1. The molecule has 6 nitrogen and oxygen atoms in total. The van der Waals surface area contributed by atoms with E-state index in [4.69, 9.17) is 0 Å². The van der Waals surface area contributed by atoms with E-state index in [-0.39, 0.29) is 16.6 Å². The Bertz CT molecular complexity index is 837. The van der Waals surface area contributed by atoms with Crippen molar-refractivity contribution < 1.29 is 13.2 Å². The third-order valence-corrected chi connectivity index (χ3v) is 5.25. The third kappa shape index (κ3) is 3.61. The van der Waals surface area contributed by atoms with Crippen LogP contribution in [0.5, 0.6) is 0 Å². The van der Waals surface area contributed by atoms with Crippen molar-refractivity contribution in [3.63, 3.8) is 0 Å². The summed E-state index contributed by atoms with van der Waals surface area (Å²) in [6.07, 6.45) is 0. The molecule has 1 aliphatic heterocycles. The highest BCUT2D eigenvalue weighted by Crippen LogP contribution is 2.23. The summed E-state index contributed by atoms with van der Waals surface area (Å²) in [5, 5.41) is 1.29. The molecule has 23 heavy (non-hydrogen) atoms. The van der Waals surface area contributed by atoms with E-state index in [1.54, 1.807) is 30.3 Å². The summed E-state index contributed by atoms with van der Waals surface area (Å²) in [6, 6.07) is 16.9. The molecule has 0 bridgehead atoms. The second-order valence-electron chi connectivity index (χ2n) is 4.66. The molecule has 1 aliphatic rings. The number of rotatable bonds is 4. The fraction of sp³-hybridized carbons (Fsp3) is 0.0667. The summed E-state index contributed by atoms with van der Waals surface area (Å²) < 4.78 is 24.7. The lowest BCUT2D eigenvalue weighted by Crippen LogP contribution is -2.45. The quantitative estimate of drug-likeness (QED) is 0.919. The van der Waals surface area contributed by atoms with Gasteiger partial charge in [-0.05, 0) is 24.3 Å². The number of aliphatic imine (C=N–C) groups is 1. The molecule has 0 spiro atoms. The van der Waals surface area contributed by atoms with Gasteiger partial charge in [0.25, 0.3) is 15.9 Å². The minimum Gasteiger partial charge on any atom is -0.272 e. The van der Waals surface area contributed by atoms with Crippen LogP contribution < -0.4 is 4.83 Å².